The molecule has 1 aromatic heterocycles. The number of nitrogens with zero attached hydrogens (tertiary/aromatic N) is 2. The number of hydrogen-bond donors (Lipinski definition) is 2. The Balaban J connectivity index is 1.77. The summed E-state index contributed by atoms with van der Waals surface area (Å²) >= 11 is 0. The van der Waals surface area contributed by atoms with Gasteiger partial charge >= 0.3 is 0 Å². The largest absolute Gasteiger partial charge is 0.366 e. The van der Waals surface area contributed by atoms with Gasteiger partial charge in [-0.2, -0.15) is 0 Å². The van der Waals surface area contributed by atoms with Crippen LogP contribution in [0.1, 0.15) is 17.0 Å². The zero-order chi connectivity index (χ0) is 18.7. The third-order valence-electron chi connectivity index (χ3n) is 3.73. The van der Waals surface area contributed by atoms with Gasteiger partial charge in [-0.05, 0) is 31.5 Å². The lowest BCUT2D eigenvalue weighted by Gasteiger charge is -2.11. The van der Waals surface area contributed by atoms with E-state index in [4.69, 9.17) is 0 Å². The van der Waals surface area contributed by atoms with Gasteiger partial charge in [-0.15, -0.1) is 0 Å². The zero-order valence-corrected chi connectivity index (χ0v) is 14.3. The molecular weight excluding hydrogens is 341 g/mol. The number of rotatable bonds is 5. The molecule has 26 heavy (non-hydrogen) atoms. The maximum atomic E-state index is 13.8. The highest BCUT2D eigenvalue weighted by molar-refractivity contribution is 5.60. The molecule has 0 unspecified atom stereocenters. The van der Waals surface area contributed by atoms with E-state index in [1.165, 1.54) is 5.56 Å². The van der Waals surface area contributed by atoms with Crippen LogP contribution in [-0.2, 0) is 6.54 Å². The van der Waals surface area contributed by atoms with Crippen LogP contribution in [0.25, 0.3) is 0 Å². The molecule has 0 atom stereocenters. The number of anilines is 3. The standard InChI is InChI=1S/C19H17F3N4/c1-11-3-5-13(6-4-11)10-23-16-9-17(25-12(2)24-16)26-15-8-7-14(20)18(21)19(15)22/h3-9H,10H2,1-2H3,(H2,23,24,25,26). The van der Waals surface area contributed by atoms with E-state index in [2.05, 4.69) is 20.6 Å². The summed E-state index contributed by atoms with van der Waals surface area (Å²) in [4.78, 5) is 8.42. The summed E-state index contributed by atoms with van der Waals surface area (Å²) in [6.45, 7) is 4.25. The third-order valence-corrected chi connectivity index (χ3v) is 3.73. The molecule has 0 fully saturated rings. The van der Waals surface area contributed by atoms with Crippen molar-refractivity contribution in [2.75, 3.05) is 10.6 Å². The molecular formula is C19H17F3N4. The number of halogens is 3. The highest BCUT2D eigenvalue weighted by Gasteiger charge is 2.14. The first-order valence-corrected chi connectivity index (χ1v) is 7.98. The van der Waals surface area contributed by atoms with Crippen LogP contribution in [0.2, 0.25) is 0 Å². The molecule has 0 radical (unpaired) electrons. The Hall–Kier alpha value is -3.09. The minimum atomic E-state index is -1.53. The van der Waals surface area contributed by atoms with Gasteiger partial charge in [0.05, 0.1) is 5.69 Å². The van der Waals surface area contributed by atoms with Crippen molar-refractivity contribution in [2.24, 2.45) is 0 Å². The van der Waals surface area contributed by atoms with Crippen LogP contribution in [0.3, 0.4) is 0 Å². The fraction of sp³-hybridized carbons (Fsp3) is 0.158. The normalized spacial score (nSPS) is 10.7. The van der Waals surface area contributed by atoms with Crippen molar-refractivity contribution < 1.29 is 13.2 Å². The van der Waals surface area contributed by atoms with Crippen LogP contribution in [0.15, 0.2) is 42.5 Å². The lowest BCUT2D eigenvalue weighted by atomic mass is 10.1. The Morgan fingerprint density at radius 1 is 0.846 bits per heavy atom. The van der Waals surface area contributed by atoms with Crippen molar-refractivity contribution in [1.82, 2.24) is 9.97 Å². The Morgan fingerprint density at radius 3 is 2.27 bits per heavy atom. The van der Waals surface area contributed by atoms with Crippen molar-refractivity contribution >= 4 is 17.3 Å². The average molecular weight is 358 g/mol. The summed E-state index contributed by atoms with van der Waals surface area (Å²) in [5.41, 5.74) is 2.05. The highest BCUT2D eigenvalue weighted by Crippen LogP contribution is 2.24. The summed E-state index contributed by atoms with van der Waals surface area (Å²) in [5.74, 6) is -2.82. The maximum absolute atomic E-state index is 13.8. The average Bonchev–Trinajstić information content (AvgIpc) is 2.61. The van der Waals surface area contributed by atoms with Gasteiger partial charge < -0.3 is 10.6 Å². The van der Waals surface area contributed by atoms with Gasteiger partial charge in [-0.1, -0.05) is 29.8 Å². The zero-order valence-electron chi connectivity index (χ0n) is 14.3. The molecule has 1 heterocycles. The molecule has 0 aliphatic rings. The molecule has 0 saturated carbocycles. The Morgan fingerprint density at radius 2 is 1.54 bits per heavy atom. The fourth-order valence-corrected chi connectivity index (χ4v) is 2.38. The lowest BCUT2D eigenvalue weighted by molar-refractivity contribution is 0.449. The smallest absolute Gasteiger partial charge is 0.196 e. The molecule has 0 amide bonds. The van der Waals surface area contributed by atoms with Gasteiger partial charge in [0.25, 0.3) is 0 Å². The van der Waals surface area contributed by atoms with Gasteiger partial charge in [-0.3, -0.25) is 0 Å². The number of benzene rings is 2. The van der Waals surface area contributed by atoms with E-state index in [-0.39, 0.29) is 11.5 Å². The summed E-state index contributed by atoms with van der Waals surface area (Å²) in [6.07, 6.45) is 0. The molecule has 4 nitrogen and oxygen atoms in total. The molecule has 134 valence electrons. The van der Waals surface area contributed by atoms with Crippen LogP contribution in [0, 0.1) is 31.3 Å². The first-order chi connectivity index (χ1) is 12.4. The number of aryl methyl sites for hydroxylation is 2. The van der Waals surface area contributed by atoms with Crippen LogP contribution >= 0.6 is 0 Å². The molecule has 0 bridgehead atoms. The second-order valence-electron chi connectivity index (χ2n) is 5.87. The molecule has 2 N–H and O–H groups in total. The first kappa shape index (κ1) is 17.7. The second kappa shape index (κ2) is 7.43. The molecule has 0 aliphatic heterocycles. The Kier molecular flexibility index (Phi) is 5.06. The van der Waals surface area contributed by atoms with Crippen molar-refractivity contribution in [1.29, 1.82) is 0 Å². The van der Waals surface area contributed by atoms with Crippen molar-refractivity contribution in [3.8, 4) is 0 Å². The molecule has 7 heteroatoms. The van der Waals surface area contributed by atoms with E-state index >= 15 is 0 Å². The fourth-order valence-electron chi connectivity index (χ4n) is 2.38. The summed E-state index contributed by atoms with van der Waals surface area (Å²) < 4.78 is 40.2. The second-order valence-corrected chi connectivity index (χ2v) is 5.87. The maximum Gasteiger partial charge on any atom is 0.196 e. The van der Waals surface area contributed by atoms with Gasteiger partial charge in [-0.25, -0.2) is 23.1 Å². The number of aromatic nitrogens is 2. The quantitative estimate of drug-likeness (QED) is 0.639. The predicted octanol–water partition coefficient (Wildman–Crippen LogP) is 4.87. The first-order valence-electron chi connectivity index (χ1n) is 7.98. The van der Waals surface area contributed by atoms with Crippen molar-refractivity contribution in [2.45, 2.75) is 20.4 Å². The van der Waals surface area contributed by atoms with E-state index in [0.29, 0.717) is 18.2 Å². The van der Waals surface area contributed by atoms with Crippen molar-refractivity contribution in [3.05, 3.63) is 76.9 Å². The lowest BCUT2D eigenvalue weighted by Crippen LogP contribution is -2.06. The van der Waals surface area contributed by atoms with Gasteiger partial charge in [0.2, 0.25) is 0 Å². The summed E-state index contributed by atoms with van der Waals surface area (Å²) in [5, 5.41) is 5.82. The molecule has 0 saturated heterocycles. The van der Waals surface area contributed by atoms with E-state index in [0.717, 1.165) is 17.7 Å². The topological polar surface area (TPSA) is 49.8 Å². The molecule has 3 aromatic rings. The molecule has 0 spiro atoms. The van der Waals surface area contributed by atoms with Crippen LogP contribution < -0.4 is 10.6 Å². The van der Waals surface area contributed by atoms with Gasteiger partial charge in [0, 0.05) is 12.6 Å². The minimum Gasteiger partial charge on any atom is -0.366 e. The molecule has 2 aromatic carbocycles. The van der Waals surface area contributed by atoms with Crippen molar-refractivity contribution in [3.63, 3.8) is 0 Å². The molecule has 3 rings (SSSR count). The summed E-state index contributed by atoms with van der Waals surface area (Å²) in [7, 11) is 0. The predicted molar refractivity (Wildman–Crippen MR) is 94.9 cm³/mol. The Bertz CT molecular complexity index is 927. The van der Waals surface area contributed by atoms with Crippen LogP contribution in [-0.4, -0.2) is 9.97 Å². The van der Waals surface area contributed by atoms with E-state index in [9.17, 15) is 13.2 Å². The van der Waals surface area contributed by atoms with Crippen LogP contribution in [0.4, 0.5) is 30.5 Å². The minimum absolute atomic E-state index is 0.202. The van der Waals surface area contributed by atoms with E-state index in [1.807, 2.05) is 31.2 Å². The highest BCUT2D eigenvalue weighted by atomic mass is 19.2. The molecule has 0 aliphatic carbocycles. The van der Waals surface area contributed by atoms with E-state index < -0.39 is 17.5 Å². The van der Waals surface area contributed by atoms with Crippen LogP contribution in [0.5, 0.6) is 0 Å². The van der Waals surface area contributed by atoms with E-state index in [1.54, 1.807) is 13.0 Å². The Labute approximate surface area is 149 Å². The van der Waals surface area contributed by atoms with Gasteiger partial charge in [0.1, 0.15) is 17.5 Å². The third kappa shape index (κ3) is 4.11. The monoisotopic (exact) mass is 358 g/mol. The SMILES string of the molecule is Cc1ccc(CNc2cc(Nc3ccc(F)c(F)c3F)nc(C)n2)cc1. The number of nitrogens with one attached hydrogen (secondary N) is 2. The number of hydrogen-bond acceptors (Lipinski definition) is 4. The summed E-state index contributed by atoms with van der Waals surface area (Å²) in [6, 6.07) is 11.6. The van der Waals surface area contributed by atoms with Gasteiger partial charge in [0.15, 0.2) is 17.5 Å².